The van der Waals surface area contributed by atoms with Crippen LogP contribution in [-0.4, -0.2) is 52.9 Å². The maximum Gasteiger partial charge on any atom is 0.356 e. The summed E-state index contributed by atoms with van der Waals surface area (Å²) in [7, 11) is 1.27. The molecule has 9 heteroatoms. The predicted octanol–water partition coefficient (Wildman–Crippen LogP) is 3.13. The van der Waals surface area contributed by atoms with Crippen LogP contribution in [0.3, 0.4) is 0 Å². The monoisotopic (exact) mass is 428 g/mol. The largest absolute Gasteiger partial charge is 0.464 e. The van der Waals surface area contributed by atoms with Crippen LogP contribution in [0.15, 0.2) is 17.5 Å². The number of carbonyl (C=O) groups excluding carboxylic acids is 3. The van der Waals surface area contributed by atoms with Gasteiger partial charge in [0.15, 0.2) is 5.69 Å². The van der Waals surface area contributed by atoms with E-state index in [0.29, 0.717) is 30.9 Å². The topological polar surface area (TPSA) is 92.7 Å². The third-order valence-electron chi connectivity index (χ3n) is 5.49. The van der Waals surface area contributed by atoms with E-state index in [2.05, 4.69) is 9.97 Å². The zero-order valence-corrected chi connectivity index (χ0v) is 17.9. The predicted molar refractivity (Wildman–Crippen MR) is 112 cm³/mol. The number of thiazole rings is 1. The van der Waals surface area contributed by atoms with Crippen molar-refractivity contribution in [3.8, 4) is 0 Å². The van der Waals surface area contributed by atoms with Gasteiger partial charge in [0.1, 0.15) is 10.8 Å². The van der Waals surface area contributed by atoms with Gasteiger partial charge in [-0.2, -0.15) is 0 Å². The summed E-state index contributed by atoms with van der Waals surface area (Å²) in [6.45, 7) is 3.08. The summed E-state index contributed by atoms with van der Waals surface area (Å²) in [5.41, 5.74) is 1.30. The summed E-state index contributed by atoms with van der Waals surface area (Å²) in [5.74, 6) is -0.550. The Hall–Kier alpha value is -2.81. The van der Waals surface area contributed by atoms with E-state index in [0.717, 1.165) is 36.4 Å². The van der Waals surface area contributed by atoms with E-state index in [1.165, 1.54) is 13.2 Å². The lowest BCUT2D eigenvalue weighted by molar-refractivity contribution is -0.119. The second kappa shape index (κ2) is 8.51. The number of piperidine rings is 1. The van der Waals surface area contributed by atoms with Crippen molar-refractivity contribution in [3.63, 3.8) is 0 Å². The van der Waals surface area contributed by atoms with Gasteiger partial charge >= 0.3 is 5.97 Å². The molecule has 4 heterocycles. The fourth-order valence-electron chi connectivity index (χ4n) is 3.99. The Kier molecular flexibility index (Phi) is 5.80. The first-order valence-electron chi connectivity index (χ1n) is 10.1. The van der Waals surface area contributed by atoms with E-state index >= 15 is 0 Å². The Balaban J connectivity index is 1.69. The van der Waals surface area contributed by atoms with Crippen LogP contribution in [0, 0.1) is 6.92 Å². The number of pyridine rings is 1. The SMILES string of the molecule is COC(=O)c1cc(C(=O)N2CCC[C@@H]2c2nc(C)cs2)cc(N2CCCCC2=O)n1. The fourth-order valence-corrected chi connectivity index (χ4v) is 4.94. The van der Waals surface area contributed by atoms with E-state index in [1.807, 2.05) is 12.3 Å². The molecule has 0 spiro atoms. The van der Waals surface area contributed by atoms with Gasteiger partial charge in [-0.3, -0.25) is 14.5 Å². The summed E-state index contributed by atoms with van der Waals surface area (Å²) in [5, 5.41) is 2.91. The van der Waals surface area contributed by atoms with Gasteiger partial charge in [0, 0.05) is 36.1 Å². The normalized spacial score (nSPS) is 19.3. The summed E-state index contributed by atoms with van der Waals surface area (Å²) in [6, 6.07) is 2.99. The molecule has 2 amide bonds. The molecule has 30 heavy (non-hydrogen) atoms. The van der Waals surface area contributed by atoms with Gasteiger partial charge in [-0.1, -0.05) is 0 Å². The number of methoxy groups -OCH3 is 1. The van der Waals surface area contributed by atoms with Gasteiger partial charge in [-0.25, -0.2) is 14.8 Å². The van der Waals surface area contributed by atoms with Crippen molar-refractivity contribution in [2.24, 2.45) is 0 Å². The quantitative estimate of drug-likeness (QED) is 0.695. The van der Waals surface area contributed by atoms with Crippen LogP contribution in [0.25, 0.3) is 0 Å². The lowest BCUT2D eigenvalue weighted by atomic mass is 10.1. The Morgan fingerprint density at radius 2 is 2.00 bits per heavy atom. The number of hydrogen-bond donors (Lipinski definition) is 0. The van der Waals surface area contributed by atoms with E-state index in [1.54, 1.807) is 27.2 Å². The lowest BCUT2D eigenvalue weighted by Crippen LogP contribution is -2.37. The summed E-state index contributed by atoms with van der Waals surface area (Å²) >= 11 is 1.56. The van der Waals surface area contributed by atoms with E-state index in [4.69, 9.17) is 4.74 Å². The third kappa shape index (κ3) is 3.94. The Bertz CT molecular complexity index is 989. The van der Waals surface area contributed by atoms with E-state index < -0.39 is 5.97 Å². The molecule has 2 aromatic heterocycles. The van der Waals surface area contributed by atoms with Crippen LogP contribution < -0.4 is 4.90 Å². The number of aryl methyl sites for hydroxylation is 1. The van der Waals surface area contributed by atoms with Gasteiger partial charge in [0.25, 0.3) is 5.91 Å². The second-order valence-electron chi connectivity index (χ2n) is 7.58. The molecule has 2 aliphatic heterocycles. The molecular formula is C21H24N4O4S. The molecule has 4 rings (SSSR count). The van der Waals surface area contributed by atoms with Crippen LogP contribution in [0.5, 0.6) is 0 Å². The molecule has 8 nitrogen and oxygen atoms in total. The molecule has 2 saturated heterocycles. The minimum absolute atomic E-state index is 0.0255. The van der Waals surface area contributed by atoms with Crippen LogP contribution in [0.4, 0.5) is 5.82 Å². The van der Waals surface area contributed by atoms with E-state index in [9.17, 15) is 14.4 Å². The number of hydrogen-bond acceptors (Lipinski definition) is 7. The number of rotatable bonds is 4. The highest BCUT2D eigenvalue weighted by Gasteiger charge is 2.33. The zero-order valence-electron chi connectivity index (χ0n) is 17.1. The molecule has 0 bridgehead atoms. The molecule has 0 aliphatic carbocycles. The number of anilines is 1. The van der Waals surface area contributed by atoms with Crippen LogP contribution >= 0.6 is 11.3 Å². The van der Waals surface area contributed by atoms with Gasteiger partial charge < -0.3 is 9.64 Å². The minimum Gasteiger partial charge on any atom is -0.464 e. The standard InChI is InChI=1S/C21H24N4O4S/c1-13-12-30-19(22-13)16-6-5-9-24(16)20(27)14-10-15(21(28)29-2)23-17(11-14)25-8-4-3-7-18(25)26/h10-12,16H,3-9H2,1-2H3/t16-/m1/s1. The molecule has 158 valence electrons. The first-order chi connectivity index (χ1) is 14.5. The number of nitrogens with zero attached hydrogens (tertiary/aromatic N) is 4. The van der Waals surface area contributed by atoms with Crippen molar-refractivity contribution >= 4 is 34.9 Å². The third-order valence-corrected chi connectivity index (χ3v) is 6.55. The zero-order chi connectivity index (χ0) is 21.3. The molecule has 0 N–H and O–H groups in total. The highest BCUT2D eigenvalue weighted by Crippen LogP contribution is 2.35. The van der Waals surface area contributed by atoms with Gasteiger partial charge in [-0.15, -0.1) is 11.3 Å². The minimum atomic E-state index is -0.635. The molecule has 0 radical (unpaired) electrons. The molecule has 0 saturated carbocycles. The van der Waals surface area contributed by atoms with Crippen LogP contribution in [0.1, 0.15) is 69.7 Å². The summed E-state index contributed by atoms with van der Waals surface area (Å²) in [6.07, 6.45) is 3.87. The average Bonchev–Trinajstić information content (AvgIpc) is 3.41. The van der Waals surface area contributed by atoms with Gasteiger partial charge in [0.2, 0.25) is 5.91 Å². The fraction of sp³-hybridized carbons (Fsp3) is 0.476. The number of aromatic nitrogens is 2. The van der Waals surface area contributed by atoms with Gasteiger partial charge in [-0.05, 0) is 44.7 Å². The first-order valence-corrected chi connectivity index (χ1v) is 11.0. The summed E-state index contributed by atoms with van der Waals surface area (Å²) in [4.78, 5) is 50.3. The number of carbonyl (C=O) groups is 3. The van der Waals surface area contributed by atoms with Crippen molar-refractivity contribution in [3.05, 3.63) is 39.5 Å². The van der Waals surface area contributed by atoms with Crippen molar-refractivity contribution in [2.75, 3.05) is 25.1 Å². The lowest BCUT2D eigenvalue weighted by Gasteiger charge is -2.27. The van der Waals surface area contributed by atoms with Crippen LogP contribution in [0.2, 0.25) is 0 Å². The Morgan fingerprint density at radius 3 is 2.70 bits per heavy atom. The first kappa shape index (κ1) is 20.5. The molecule has 2 aliphatic rings. The van der Waals surface area contributed by atoms with Crippen molar-refractivity contribution in [1.29, 1.82) is 0 Å². The van der Waals surface area contributed by atoms with Crippen molar-refractivity contribution in [1.82, 2.24) is 14.9 Å². The number of likely N-dealkylation sites (tertiary alicyclic amines) is 1. The molecule has 0 aromatic carbocycles. The van der Waals surface area contributed by atoms with Gasteiger partial charge in [0.05, 0.1) is 13.2 Å². The maximum absolute atomic E-state index is 13.4. The molecule has 2 fully saturated rings. The summed E-state index contributed by atoms with van der Waals surface area (Å²) < 4.78 is 4.82. The number of ether oxygens (including phenoxy) is 1. The van der Waals surface area contributed by atoms with E-state index in [-0.39, 0.29) is 23.6 Å². The van der Waals surface area contributed by atoms with Crippen molar-refractivity contribution in [2.45, 2.75) is 45.1 Å². The highest BCUT2D eigenvalue weighted by molar-refractivity contribution is 7.09. The van der Waals surface area contributed by atoms with Crippen LogP contribution in [-0.2, 0) is 9.53 Å². The number of amides is 2. The van der Waals surface area contributed by atoms with Crippen molar-refractivity contribution < 1.29 is 19.1 Å². The molecule has 0 unspecified atom stereocenters. The molecular weight excluding hydrogens is 404 g/mol. The maximum atomic E-state index is 13.4. The smallest absolute Gasteiger partial charge is 0.356 e. The highest BCUT2D eigenvalue weighted by atomic mass is 32.1. The molecule has 2 aromatic rings. The Labute approximate surface area is 178 Å². The Morgan fingerprint density at radius 1 is 1.17 bits per heavy atom. The average molecular weight is 429 g/mol. The second-order valence-corrected chi connectivity index (χ2v) is 8.47. The number of esters is 1. The molecule has 1 atom stereocenters.